The third kappa shape index (κ3) is 54.6. The van der Waals surface area contributed by atoms with Crippen LogP contribution in [0.1, 0.15) is 323 Å². The van der Waals surface area contributed by atoms with Gasteiger partial charge in [-0.05, 0) is 70.6 Å². The summed E-state index contributed by atoms with van der Waals surface area (Å²) in [5.74, 6) is -0.898. The second kappa shape index (κ2) is 57.2. The Balaban J connectivity index is 4.38. The van der Waals surface area contributed by atoms with Crippen molar-refractivity contribution in [1.29, 1.82) is 0 Å². The van der Waals surface area contributed by atoms with Gasteiger partial charge in [-0.25, -0.2) is 0 Å². The zero-order chi connectivity index (χ0) is 49.3. The van der Waals surface area contributed by atoms with Gasteiger partial charge in [0.25, 0.3) is 0 Å². The van der Waals surface area contributed by atoms with Crippen molar-refractivity contribution in [3.05, 3.63) is 36.5 Å². The molecule has 0 saturated carbocycles. The first-order valence-corrected chi connectivity index (χ1v) is 30.0. The molecule has 0 bridgehead atoms. The van der Waals surface area contributed by atoms with Crippen LogP contribution in [0.15, 0.2) is 36.5 Å². The summed E-state index contributed by atoms with van der Waals surface area (Å²) in [5.41, 5.74) is 0. The maximum Gasteiger partial charge on any atom is 0.306 e. The fourth-order valence-electron chi connectivity index (χ4n) is 8.84. The van der Waals surface area contributed by atoms with Gasteiger partial charge in [0.1, 0.15) is 13.2 Å². The number of hydrogen-bond acceptors (Lipinski definition) is 6. The van der Waals surface area contributed by atoms with Crippen molar-refractivity contribution in [2.75, 3.05) is 13.2 Å². The summed E-state index contributed by atoms with van der Waals surface area (Å²) < 4.78 is 16.9. The summed E-state index contributed by atoms with van der Waals surface area (Å²) in [6, 6.07) is 0. The summed E-state index contributed by atoms with van der Waals surface area (Å²) in [6.45, 7) is 6.65. The van der Waals surface area contributed by atoms with Crippen LogP contribution in [0.25, 0.3) is 0 Å². The SMILES string of the molecule is CCCCCCCCC/C=C\C=C/CCCCCC(=O)OC(COC(=O)CCCCCCC/C=C\CCCCCCCCC)COC(=O)CCCCCCCCCCCCCCCCCCCC. The minimum atomic E-state index is -0.787. The number of rotatable bonds is 55. The van der Waals surface area contributed by atoms with Crippen LogP contribution in [0, 0.1) is 0 Å². The van der Waals surface area contributed by atoms with E-state index in [-0.39, 0.29) is 31.1 Å². The number of allylic oxidation sites excluding steroid dienone is 6. The summed E-state index contributed by atoms with van der Waals surface area (Å²) in [4.78, 5) is 38.2. The summed E-state index contributed by atoms with van der Waals surface area (Å²) in [6.07, 6.45) is 68.5. The standard InChI is InChI=1S/C62H114O6/c1-4-7-10-13-16-19-22-25-28-31-32-35-37-40-43-46-49-52-55-61(64)67-58-59(68-62(65)56-53-50-47-44-41-38-34-30-27-24-21-18-15-12-9-6-3)57-66-60(63)54-51-48-45-42-39-36-33-29-26-23-20-17-14-11-8-5-2/h29-30,33-34,38,41,59H,4-28,31-32,35-37,39-40,42-58H2,1-3H3/b33-29-,34-30-,41-38-. The van der Waals surface area contributed by atoms with E-state index >= 15 is 0 Å². The van der Waals surface area contributed by atoms with Crippen LogP contribution in [0.4, 0.5) is 0 Å². The minimum Gasteiger partial charge on any atom is -0.462 e. The number of unbranched alkanes of at least 4 members (excludes halogenated alkanes) is 39. The van der Waals surface area contributed by atoms with E-state index in [1.54, 1.807) is 0 Å². The lowest BCUT2D eigenvalue weighted by Gasteiger charge is -2.18. The molecule has 0 aliphatic heterocycles. The van der Waals surface area contributed by atoms with E-state index in [9.17, 15) is 14.4 Å². The van der Waals surface area contributed by atoms with E-state index in [1.807, 2.05) is 0 Å². The molecule has 1 atom stereocenters. The van der Waals surface area contributed by atoms with Crippen molar-refractivity contribution in [2.24, 2.45) is 0 Å². The van der Waals surface area contributed by atoms with E-state index in [2.05, 4.69) is 57.2 Å². The second-order valence-corrected chi connectivity index (χ2v) is 20.3. The molecule has 0 aliphatic rings. The van der Waals surface area contributed by atoms with E-state index in [0.717, 1.165) is 77.0 Å². The Morgan fingerprint density at radius 2 is 0.529 bits per heavy atom. The molecule has 0 aliphatic carbocycles. The molecule has 6 heteroatoms. The lowest BCUT2D eigenvalue weighted by molar-refractivity contribution is -0.167. The van der Waals surface area contributed by atoms with Crippen molar-refractivity contribution in [3.8, 4) is 0 Å². The monoisotopic (exact) mass is 955 g/mol. The Morgan fingerprint density at radius 1 is 0.294 bits per heavy atom. The molecule has 398 valence electrons. The Hall–Kier alpha value is -2.37. The molecule has 6 nitrogen and oxygen atoms in total. The summed E-state index contributed by atoms with van der Waals surface area (Å²) in [5, 5.41) is 0. The number of carbonyl (C=O) groups is 3. The van der Waals surface area contributed by atoms with Crippen LogP contribution in [0.5, 0.6) is 0 Å². The van der Waals surface area contributed by atoms with E-state index in [0.29, 0.717) is 19.3 Å². The Kier molecular flexibility index (Phi) is 55.2. The molecule has 0 amide bonds. The summed E-state index contributed by atoms with van der Waals surface area (Å²) in [7, 11) is 0. The molecule has 0 saturated heterocycles. The van der Waals surface area contributed by atoms with Gasteiger partial charge in [0.05, 0.1) is 0 Å². The van der Waals surface area contributed by atoms with Gasteiger partial charge in [-0.3, -0.25) is 14.4 Å². The molecule has 0 aromatic heterocycles. The highest BCUT2D eigenvalue weighted by molar-refractivity contribution is 5.71. The first kappa shape index (κ1) is 65.6. The molecule has 0 spiro atoms. The highest BCUT2D eigenvalue weighted by atomic mass is 16.6. The molecular formula is C62H114O6. The Labute approximate surface area is 423 Å². The normalized spacial score (nSPS) is 12.2. The van der Waals surface area contributed by atoms with E-state index < -0.39 is 6.10 Å². The quantitative estimate of drug-likeness (QED) is 0.0199. The predicted molar refractivity (Wildman–Crippen MR) is 293 cm³/mol. The molecular weight excluding hydrogens is 841 g/mol. The third-order valence-corrected chi connectivity index (χ3v) is 13.4. The van der Waals surface area contributed by atoms with Gasteiger partial charge in [0.15, 0.2) is 6.10 Å². The highest BCUT2D eigenvalue weighted by Crippen LogP contribution is 2.17. The van der Waals surface area contributed by atoms with Gasteiger partial charge >= 0.3 is 17.9 Å². The van der Waals surface area contributed by atoms with Crippen LogP contribution in [-0.4, -0.2) is 37.2 Å². The van der Waals surface area contributed by atoms with Crippen molar-refractivity contribution in [1.82, 2.24) is 0 Å². The Morgan fingerprint density at radius 3 is 0.838 bits per heavy atom. The van der Waals surface area contributed by atoms with Crippen LogP contribution in [0.2, 0.25) is 0 Å². The molecule has 1 unspecified atom stereocenters. The lowest BCUT2D eigenvalue weighted by Crippen LogP contribution is -2.30. The topological polar surface area (TPSA) is 78.9 Å². The van der Waals surface area contributed by atoms with Crippen LogP contribution >= 0.6 is 0 Å². The van der Waals surface area contributed by atoms with E-state index in [1.165, 1.54) is 205 Å². The van der Waals surface area contributed by atoms with Gasteiger partial charge in [0, 0.05) is 19.3 Å². The number of esters is 3. The first-order chi connectivity index (χ1) is 33.5. The second-order valence-electron chi connectivity index (χ2n) is 20.3. The predicted octanol–water partition coefficient (Wildman–Crippen LogP) is 20.0. The van der Waals surface area contributed by atoms with Gasteiger partial charge in [-0.2, -0.15) is 0 Å². The highest BCUT2D eigenvalue weighted by Gasteiger charge is 2.19. The van der Waals surface area contributed by atoms with Crippen LogP contribution < -0.4 is 0 Å². The molecule has 0 aromatic rings. The van der Waals surface area contributed by atoms with Crippen LogP contribution in [-0.2, 0) is 28.6 Å². The zero-order valence-corrected chi connectivity index (χ0v) is 45.6. The molecule has 0 aromatic carbocycles. The van der Waals surface area contributed by atoms with E-state index in [4.69, 9.17) is 14.2 Å². The minimum absolute atomic E-state index is 0.0817. The molecule has 68 heavy (non-hydrogen) atoms. The smallest absolute Gasteiger partial charge is 0.306 e. The average molecular weight is 956 g/mol. The van der Waals surface area contributed by atoms with Crippen molar-refractivity contribution >= 4 is 17.9 Å². The van der Waals surface area contributed by atoms with Gasteiger partial charge in [-0.15, -0.1) is 0 Å². The van der Waals surface area contributed by atoms with Gasteiger partial charge in [-0.1, -0.05) is 269 Å². The largest absolute Gasteiger partial charge is 0.462 e. The fraction of sp³-hybridized carbons (Fsp3) is 0.855. The van der Waals surface area contributed by atoms with Crippen molar-refractivity contribution in [2.45, 2.75) is 329 Å². The zero-order valence-electron chi connectivity index (χ0n) is 45.6. The number of carbonyl (C=O) groups excluding carboxylic acids is 3. The maximum absolute atomic E-state index is 12.9. The Bertz CT molecular complexity index is 1140. The van der Waals surface area contributed by atoms with Crippen molar-refractivity contribution in [3.63, 3.8) is 0 Å². The van der Waals surface area contributed by atoms with Crippen molar-refractivity contribution < 1.29 is 28.6 Å². The number of ether oxygens (including phenoxy) is 3. The van der Waals surface area contributed by atoms with Crippen LogP contribution in [0.3, 0.4) is 0 Å². The molecule has 0 N–H and O–H groups in total. The molecule has 0 heterocycles. The van der Waals surface area contributed by atoms with Gasteiger partial charge < -0.3 is 14.2 Å². The lowest BCUT2D eigenvalue weighted by atomic mass is 10.0. The average Bonchev–Trinajstić information content (AvgIpc) is 3.34. The third-order valence-electron chi connectivity index (χ3n) is 13.4. The maximum atomic E-state index is 12.9. The first-order valence-electron chi connectivity index (χ1n) is 30.0. The molecule has 0 fully saturated rings. The molecule has 0 radical (unpaired) electrons. The summed E-state index contributed by atoms with van der Waals surface area (Å²) >= 11 is 0. The number of hydrogen-bond donors (Lipinski definition) is 0. The van der Waals surface area contributed by atoms with Gasteiger partial charge in [0.2, 0.25) is 0 Å². The fourth-order valence-corrected chi connectivity index (χ4v) is 8.84. The molecule has 0 rings (SSSR count).